The van der Waals surface area contributed by atoms with Crippen LogP contribution in [0.5, 0.6) is 5.75 Å². The van der Waals surface area contributed by atoms with E-state index in [0.29, 0.717) is 16.5 Å². The van der Waals surface area contributed by atoms with Gasteiger partial charge in [0.05, 0.1) is 10.7 Å². The van der Waals surface area contributed by atoms with Crippen molar-refractivity contribution in [1.82, 2.24) is 0 Å². The predicted molar refractivity (Wildman–Crippen MR) is 84.3 cm³/mol. The first-order valence-electron chi connectivity index (χ1n) is 6.04. The summed E-state index contributed by atoms with van der Waals surface area (Å²) in [6.45, 7) is 1.69. The van der Waals surface area contributed by atoms with Gasteiger partial charge in [-0.2, -0.15) is 0 Å². The van der Waals surface area contributed by atoms with Crippen molar-refractivity contribution in [2.75, 3.05) is 5.32 Å². The second-order valence-electron chi connectivity index (χ2n) is 4.18. The fraction of sp³-hybridized carbons (Fsp3) is 0.133. The Morgan fingerprint density at radius 1 is 1.20 bits per heavy atom. The number of hydrogen-bond acceptors (Lipinski definition) is 2. The molecule has 0 radical (unpaired) electrons. The summed E-state index contributed by atoms with van der Waals surface area (Å²) in [6.07, 6.45) is -0.618. The van der Waals surface area contributed by atoms with Crippen LogP contribution in [-0.4, -0.2) is 12.0 Å². The van der Waals surface area contributed by atoms with Gasteiger partial charge in [0.2, 0.25) is 0 Å². The normalized spacial score (nSPS) is 11.8. The Morgan fingerprint density at radius 3 is 2.50 bits per heavy atom. The molecule has 0 saturated heterocycles. The number of anilines is 1. The molecule has 0 aromatic heterocycles. The molecular weight excluding hydrogens is 342 g/mol. The van der Waals surface area contributed by atoms with E-state index < -0.39 is 6.10 Å². The van der Waals surface area contributed by atoms with E-state index in [4.69, 9.17) is 16.3 Å². The van der Waals surface area contributed by atoms with Crippen molar-refractivity contribution < 1.29 is 9.53 Å². The van der Waals surface area contributed by atoms with Crippen molar-refractivity contribution in [3.05, 3.63) is 58.0 Å². The number of benzene rings is 2. The van der Waals surface area contributed by atoms with Gasteiger partial charge in [-0.1, -0.05) is 39.7 Å². The van der Waals surface area contributed by atoms with Crippen LogP contribution >= 0.6 is 27.5 Å². The second kappa shape index (κ2) is 6.77. The van der Waals surface area contributed by atoms with E-state index in [9.17, 15) is 4.79 Å². The van der Waals surface area contributed by atoms with Gasteiger partial charge in [-0.25, -0.2) is 0 Å². The molecular formula is C15H13BrClNO2. The van der Waals surface area contributed by atoms with E-state index in [1.807, 2.05) is 18.2 Å². The minimum Gasteiger partial charge on any atom is -0.481 e. The number of nitrogens with one attached hydrogen (secondary N) is 1. The summed E-state index contributed by atoms with van der Waals surface area (Å²) >= 11 is 9.33. The monoisotopic (exact) mass is 353 g/mol. The van der Waals surface area contributed by atoms with Gasteiger partial charge >= 0.3 is 0 Å². The third kappa shape index (κ3) is 3.99. The van der Waals surface area contributed by atoms with Gasteiger partial charge < -0.3 is 10.1 Å². The Balaban J connectivity index is 1.99. The second-order valence-corrected chi connectivity index (χ2v) is 5.51. The molecule has 0 spiro atoms. The molecule has 20 heavy (non-hydrogen) atoms. The quantitative estimate of drug-likeness (QED) is 0.877. The molecule has 3 nitrogen and oxygen atoms in total. The third-order valence-electron chi connectivity index (χ3n) is 2.63. The first kappa shape index (κ1) is 14.9. The number of rotatable bonds is 4. The van der Waals surface area contributed by atoms with Crippen LogP contribution in [0.4, 0.5) is 5.69 Å². The molecule has 5 heteroatoms. The summed E-state index contributed by atoms with van der Waals surface area (Å²) < 4.78 is 6.52. The molecule has 0 aliphatic carbocycles. The minimum atomic E-state index is -0.618. The average molecular weight is 355 g/mol. The highest BCUT2D eigenvalue weighted by molar-refractivity contribution is 9.10. The maximum Gasteiger partial charge on any atom is 0.265 e. The van der Waals surface area contributed by atoms with Gasteiger partial charge in [0.25, 0.3) is 5.91 Å². The van der Waals surface area contributed by atoms with Crippen LogP contribution in [0.3, 0.4) is 0 Å². The fourth-order valence-corrected chi connectivity index (χ4v) is 2.02. The number of ether oxygens (including phenoxy) is 1. The van der Waals surface area contributed by atoms with Gasteiger partial charge in [-0.15, -0.1) is 0 Å². The maximum atomic E-state index is 12.0. The summed E-state index contributed by atoms with van der Waals surface area (Å²) in [7, 11) is 0. The molecule has 2 aromatic rings. The number of carbonyl (C=O) groups is 1. The molecule has 0 unspecified atom stereocenters. The molecule has 2 rings (SSSR count). The summed E-state index contributed by atoms with van der Waals surface area (Å²) in [5.41, 5.74) is 0.574. The Bertz CT molecular complexity index is 601. The lowest BCUT2D eigenvalue weighted by Gasteiger charge is -2.15. The molecule has 1 N–H and O–H groups in total. The Kier molecular flexibility index (Phi) is 5.04. The zero-order valence-corrected chi connectivity index (χ0v) is 13.1. The molecule has 0 bridgehead atoms. The van der Waals surface area contributed by atoms with Crippen LogP contribution in [-0.2, 0) is 4.79 Å². The van der Waals surface area contributed by atoms with Crippen molar-refractivity contribution in [2.24, 2.45) is 0 Å². The zero-order chi connectivity index (χ0) is 14.5. The van der Waals surface area contributed by atoms with E-state index in [2.05, 4.69) is 21.2 Å². The topological polar surface area (TPSA) is 38.3 Å². The highest BCUT2D eigenvalue weighted by Crippen LogP contribution is 2.21. The van der Waals surface area contributed by atoms with E-state index in [1.54, 1.807) is 37.3 Å². The van der Waals surface area contributed by atoms with E-state index in [1.165, 1.54) is 0 Å². The third-order valence-corrected chi connectivity index (χ3v) is 3.49. The molecule has 0 saturated carbocycles. The first-order valence-corrected chi connectivity index (χ1v) is 7.21. The van der Waals surface area contributed by atoms with Crippen molar-refractivity contribution in [1.29, 1.82) is 0 Å². The lowest BCUT2D eigenvalue weighted by molar-refractivity contribution is -0.122. The Hall–Kier alpha value is -1.52. The molecule has 0 aliphatic rings. The Morgan fingerprint density at radius 2 is 1.85 bits per heavy atom. The average Bonchev–Trinajstić information content (AvgIpc) is 2.44. The predicted octanol–water partition coefficient (Wildman–Crippen LogP) is 4.51. The summed E-state index contributed by atoms with van der Waals surface area (Å²) in [5.74, 6) is 0.385. The van der Waals surface area contributed by atoms with Crippen LogP contribution in [0.25, 0.3) is 0 Å². The molecule has 0 aliphatic heterocycles. The van der Waals surface area contributed by atoms with Gasteiger partial charge in [0.15, 0.2) is 6.10 Å². The molecule has 0 fully saturated rings. The number of hydrogen-bond donors (Lipinski definition) is 1. The molecule has 104 valence electrons. The van der Waals surface area contributed by atoms with E-state index >= 15 is 0 Å². The molecule has 0 heterocycles. The van der Waals surface area contributed by atoms with Crippen molar-refractivity contribution in [3.8, 4) is 5.75 Å². The fourth-order valence-electron chi connectivity index (χ4n) is 1.57. The van der Waals surface area contributed by atoms with Gasteiger partial charge in [-0.05, 0) is 43.3 Å². The Labute approximate surface area is 131 Å². The zero-order valence-electron chi connectivity index (χ0n) is 10.8. The summed E-state index contributed by atoms with van der Waals surface area (Å²) in [6, 6.07) is 14.4. The highest BCUT2D eigenvalue weighted by atomic mass is 79.9. The molecule has 2 aromatic carbocycles. The first-order chi connectivity index (χ1) is 9.56. The smallest absolute Gasteiger partial charge is 0.265 e. The number of amides is 1. The standard InChI is InChI=1S/C15H13BrClNO2/c1-10(20-12-8-6-11(16)7-9-12)15(19)18-14-5-3-2-4-13(14)17/h2-10H,1H3,(H,18,19)/t10-/m0/s1. The van der Waals surface area contributed by atoms with Crippen molar-refractivity contribution in [2.45, 2.75) is 13.0 Å². The molecule has 1 atom stereocenters. The number of para-hydroxylation sites is 1. The van der Waals surface area contributed by atoms with Crippen LogP contribution in [0, 0.1) is 0 Å². The summed E-state index contributed by atoms with van der Waals surface area (Å²) in [4.78, 5) is 12.0. The van der Waals surface area contributed by atoms with Crippen molar-refractivity contribution in [3.63, 3.8) is 0 Å². The van der Waals surface area contributed by atoms with Crippen LogP contribution in [0.1, 0.15) is 6.92 Å². The van der Waals surface area contributed by atoms with Gasteiger partial charge in [0.1, 0.15) is 5.75 Å². The lowest BCUT2D eigenvalue weighted by atomic mass is 10.3. The highest BCUT2D eigenvalue weighted by Gasteiger charge is 2.15. The van der Waals surface area contributed by atoms with Crippen molar-refractivity contribution >= 4 is 39.1 Å². The van der Waals surface area contributed by atoms with Gasteiger partial charge in [0, 0.05) is 4.47 Å². The molecule has 1 amide bonds. The minimum absolute atomic E-state index is 0.249. The summed E-state index contributed by atoms with van der Waals surface area (Å²) in [5, 5.41) is 3.23. The van der Waals surface area contributed by atoms with E-state index in [-0.39, 0.29) is 5.91 Å². The number of halogens is 2. The van der Waals surface area contributed by atoms with E-state index in [0.717, 1.165) is 4.47 Å². The van der Waals surface area contributed by atoms with Crippen LogP contribution in [0.2, 0.25) is 5.02 Å². The SMILES string of the molecule is C[C@H](Oc1ccc(Br)cc1)C(=O)Nc1ccccc1Cl. The van der Waals surface area contributed by atoms with Crippen LogP contribution in [0.15, 0.2) is 53.0 Å². The lowest BCUT2D eigenvalue weighted by Crippen LogP contribution is -2.30. The van der Waals surface area contributed by atoms with Gasteiger partial charge in [-0.3, -0.25) is 4.79 Å². The number of carbonyl (C=O) groups excluding carboxylic acids is 1. The maximum absolute atomic E-state index is 12.0. The largest absolute Gasteiger partial charge is 0.481 e. The van der Waals surface area contributed by atoms with Crippen LogP contribution < -0.4 is 10.1 Å².